The summed E-state index contributed by atoms with van der Waals surface area (Å²) >= 11 is 1.80. The Labute approximate surface area is 95.0 Å². The molecule has 3 heteroatoms. The molecule has 1 aliphatic carbocycles. The van der Waals surface area contributed by atoms with Crippen molar-refractivity contribution in [1.82, 2.24) is 4.98 Å². The average molecular weight is 220 g/mol. The lowest BCUT2D eigenvalue weighted by atomic mass is 9.90. The van der Waals surface area contributed by atoms with E-state index in [2.05, 4.69) is 18.0 Å². The molecule has 1 aromatic rings. The topological polar surface area (TPSA) is 36.7 Å². The van der Waals surface area contributed by atoms with E-state index in [1.165, 1.54) is 42.0 Å². The van der Waals surface area contributed by atoms with Gasteiger partial charge < -0.3 is 0 Å². The van der Waals surface area contributed by atoms with Crippen LogP contribution in [-0.2, 0) is 6.42 Å². The van der Waals surface area contributed by atoms with Gasteiger partial charge in [0.15, 0.2) is 0 Å². The number of rotatable bonds is 2. The second kappa shape index (κ2) is 4.76. The molecule has 0 amide bonds. The van der Waals surface area contributed by atoms with Crippen LogP contribution in [0.25, 0.3) is 0 Å². The Morgan fingerprint density at radius 2 is 2.13 bits per heavy atom. The predicted octanol–water partition coefficient (Wildman–Crippen LogP) is 3.57. The highest BCUT2D eigenvalue weighted by Crippen LogP contribution is 2.35. The predicted molar refractivity (Wildman–Crippen MR) is 62.0 cm³/mol. The van der Waals surface area contributed by atoms with Gasteiger partial charge in [-0.1, -0.05) is 19.3 Å². The van der Waals surface area contributed by atoms with Crippen LogP contribution < -0.4 is 0 Å². The Kier molecular flexibility index (Phi) is 3.37. The minimum atomic E-state index is 0.467. The van der Waals surface area contributed by atoms with E-state index in [1.807, 2.05) is 0 Å². The maximum Gasteiger partial charge on any atom is 0.0962 e. The summed E-state index contributed by atoms with van der Waals surface area (Å²) in [6.45, 7) is 2.08. The Hall–Kier alpha value is -0.880. The zero-order valence-electron chi connectivity index (χ0n) is 9.12. The van der Waals surface area contributed by atoms with Gasteiger partial charge in [-0.2, -0.15) is 5.26 Å². The molecular formula is C12H16N2S. The van der Waals surface area contributed by atoms with Crippen molar-refractivity contribution >= 4 is 11.3 Å². The van der Waals surface area contributed by atoms with E-state index in [1.54, 1.807) is 11.3 Å². The van der Waals surface area contributed by atoms with Crippen molar-refractivity contribution in [2.75, 3.05) is 0 Å². The highest BCUT2D eigenvalue weighted by molar-refractivity contribution is 7.11. The first kappa shape index (κ1) is 10.6. The van der Waals surface area contributed by atoms with Crippen molar-refractivity contribution in [1.29, 1.82) is 5.26 Å². The summed E-state index contributed by atoms with van der Waals surface area (Å²) in [6.07, 6.45) is 7.12. The number of aromatic nitrogens is 1. The van der Waals surface area contributed by atoms with Crippen molar-refractivity contribution in [3.05, 3.63) is 15.6 Å². The van der Waals surface area contributed by atoms with Gasteiger partial charge in [-0.25, -0.2) is 4.98 Å². The largest absolute Gasteiger partial charge is 0.245 e. The molecule has 0 N–H and O–H groups in total. The third kappa shape index (κ3) is 2.38. The van der Waals surface area contributed by atoms with Crippen LogP contribution in [0, 0.1) is 18.3 Å². The smallest absolute Gasteiger partial charge is 0.0962 e. The van der Waals surface area contributed by atoms with Gasteiger partial charge in [0.05, 0.1) is 23.2 Å². The molecule has 1 aromatic heterocycles. The van der Waals surface area contributed by atoms with Gasteiger partial charge >= 0.3 is 0 Å². The number of thiazole rings is 1. The van der Waals surface area contributed by atoms with Crippen molar-refractivity contribution in [2.24, 2.45) is 0 Å². The van der Waals surface area contributed by atoms with Gasteiger partial charge in [0.1, 0.15) is 0 Å². The molecule has 1 aliphatic rings. The summed E-state index contributed by atoms with van der Waals surface area (Å²) in [4.78, 5) is 5.85. The summed E-state index contributed by atoms with van der Waals surface area (Å²) in [7, 11) is 0. The summed E-state index contributed by atoms with van der Waals surface area (Å²) in [6, 6.07) is 2.19. The summed E-state index contributed by atoms with van der Waals surface area (Å²) in [5, 5.41) is 9.95. The fourth-order valence-corrected chi connectivity index (χ4v) is 3.32. The molecular weight excluding hydrogens is 204 g/mol. The van der Waals surface area contributed by atoms with Gasteiger partial charge in [0.2, 0.25) is 0 Å². The Morgan fingerprint density at radius 3 is 2.80 bits per heavy atom. The molecule has 0 unspecified atom stereocenters. The SMILES string of the molecule is Cc1sc(C2CCCCC2)nc1CC#N. The van der Waals surface area contributed by atoms with E-state index >= 15 is 0 Å². The average Bonchev–Trinajstić information content (AvgIpc) is 2.63. The number of nitriles is 1. The van der Waals surface area contributed by atoms with Crippen LogP contribution in [0.3, 0.4) is 0 Å². The van der Waals surface area contributed by atoms with E-state index in [9.17, 15) is 0 Å². The number of hydrogen-bond acceptors (Lipinski definition) is 3. The first-order valence-corrected chi connectivity index (χ1v) is 6.46. The van der Waals surface area contributed by atoms with Gasteiger partial charge in [0, 0.05) is 10.8 Å². The second-order valence-electron chi connectivity index (χ2n) is 4.22. The van der Waals surface area contributed by atoms with Crippen LogP contribution in [0.15, 0.2) is 0 Å². The van der Waals surface area contributed by atoms with Crippen LogP contribution in [-0.4, -0.2) is 4.98 Å². The molecule has 80 valence electrons. The van der Waals surface area contributed by atoms with Gasteiger partial charge in [0.25, 0.3) is 0 Å². The minimum Gasteiger partial charge on any atom is -0.245 e. The Balaban J connectivity index is 2.14. The maximum atomic E-state index is 8.68. The third-order valence-electron chi connectivity index (χ3n) is 3.11. The van der Waals surface area contributed by atoms with Crippen LogP contribution in [0.5, 0.6) is 0 Å². The first-order valence-electron chi connectivity index (χ1n) is 5.64. The third-order valence-corrected chi connectivity index (χ3v) is 4.29. The molecule has 1 fully saturated rings. The summed E-state index contributed by atoms with van der Waals surface area (Å²) < 4.78 is 0. The second-order valence-corrected chi connectivity index (χ2v) is 5.46. The lowest BCUT2D eigenvalue weighted by Gasteiger charge is -2.18. The number of nitrogens with zero attached hydrogens (tertiary/aromatic N) is 2. The van der Waals surface area contributed by atoms with Crippen LogP contribution in [0.1, 0.15) is 53.6 Å². The lowest BCUT2D eigenvalue weighted by Crippen LogP contribution is -2.04. The zero-order chi connectivity index (χ0) is 10.7. The molecule has 0 radical (unpaired) electrons. The molecule has 0 saturated heterocycles. The molecule has 15 heavy (non-hydrogen) atoms. The Bertz CT molecular complexity index is 369. The molecule has 1 heterocycles. The summed E-state index contributed by atoms with van der Waals surface area (Å²) in [5.74, 6) is 0.676. The fourth-order valence-electron chi connectivity index (χ4n) is 2.21. The molecule has 2 nitrogen and oxygen atoms in total. The Morgan fingerprint density at radius 1 is 1.40 bits per heavy atom. The van der Waals surface area contributed by atoms with E-state index in [-0.39, 0.29) is 0 Å². The molecule has 0 spiro atoms. The first-order chi connectivity index (χ1) is 7.31. The molecule has 0 atom stereocenters. The normalized spacial score (nSPS) is 17.6. The minimum absolute atomic E-state index is 0.467. The molecule has 0 aromatic carbocycles. The van der Waals surface area contributed by atoms with E-state index in [0.29, 0.717) is 12.3 Å². The molecule has 0 aliphatic heterocycles. The zero-order valence-corrected chi connectivity index (χ0v) is 9.94. The standard InChI is InChI=1S/C12H16N2S/c1-9-11(7-8-13)14-12(15-9)10-5-3-2-4-6-10/h10H,2-7H2,1H3. The maximum absolute atomic E-state index is 8.68. The van der Waals surface area contributed by atoms with Crippen LogP contribution in [0.4, 0.5) is 0 Å². The highest BCUT2D eigenvalue weighted by atomic mass is 32.1. The quantitative estimate of drug-likeness (QED) is 0.764. The lowest BCUT2D eigenvalue weighted by molar-refractivity contribution is 0.442. The van der Waals surface area contributed by atoms with E-state index < -0.39 is 0 Å². The van der Waals surface area contributed by atoms with E-state index in [4.69, 9.17) is 5.26 Å². The monoisotopic (exact) mass is 220 g/mol. The van der Waals surface area contributed by atoms with Crippen LogP contribution >= 0.6 is 11.3 Å². The van der Waals surface area contributed by atoms with Crippen molar-refractivity contribution < 1.29 is 0 Å². The van der Waals surface area contributed by atoms with E-state index in [0.717, 1.165) is 5.69 Å². The number of hydrogen-bond donors (Lipinski definition) is 0. The fraction of sp³-hybridized carbons (Fsp3) is 0.667. The van der Waals surface area contributed by atoms with Gasteiger partial charge in [-0.3, -0.25) is 0 Å². The van der Waals surface area contributed by atoms with Crippen molar-refractivity contribution in [3.8, 4) is 6.07 Å². The molecule has 2 rings (SSSR count). The van der Waals surface area contributed by atoms with Crippen molar-refractivity contribution in [3.63, 3.8) is 0 Å². The summed E-state index contributed by atoms with van der Waals surface area (Å²) in [5.41, 5.74) is 1.00. The van der Waals surface area contributed by atoms with Crippen molar-refractivity contribution in [2.45, 2.75) is 51.4 Å². The van der Waals surface area contributed by atoms with Gasteiger partial charge in [-0.15, -0.1) is 11.3 Å². The van der Waals surface area contributed by atoms with Crippen LogP contribution in [0.2, 0.25) is 0 Å². The molecule has 0 bridgehead atoms. The highest BCUT2D eigenvalue weighted by Gasteiger charge is 2.19. The molecule has 1 saturated carbocycles. The number of aryl methyl sites for hydroxylation is 1. The van der Waals surface area contributed by atoms with Gasteiger partial charge in [-0.05, 0) is 19.8 Å².